The van der Waals surface area contributed by atoms with Crippen molar-refractivity contribution in [3.8, 4) is 22.5 Å². The zero-order chi connectivity index (χ0) is 24.4. The second-order valence-corrected chi connectivity index (χ2v) is 7.85. The number of carbonyl (C=O) groups excluding carboxylic acids is 2. The van der Waals surface area contributed by atoms with Gasteiger partial charge in [-0.1, -0.05) is 24.3 Å². The number of nitrogens with zero attached hydrogens (tertiary/aromatic N) is 1. The number of pyridine rings is 1. The third kappa shape index (κ3) is 4.39. The van der Waals surface area contributed by atoms with Crippen LogP contribution in [0, 0.1) is 5.82 Å². The van der Waals surface area contributed by atoms with Gasteiger partial charge < -0.3 is 15.1 Å². The second-order valence-electron chi connectivity index (χ2n) is 7.85. The van der Waals surface area contributed by atoms with Crippen LogP contribution >= 0.6 is 0 Å². The quantitative estimate of drug-likeness (QED) is 0.338. The fraction of sp³-hybridized carbons (Fsp3) is 0.0357. The number of hydrogen-bond acceptors (Lipinski definition) is 4. The monoisotopic (exact) mass is 465 g/mol. The summed E-state index contributed by atoms with van der Waals surface area (Å²) in [5, 5.41) is 6.05. The Morgan fingerprint density at radius 2 is 1.60 bits per heavy atom. The molecule has 7 heteroatoms. The summed E-state index contributed by atoms with van der Waals surface area (Å²) in [6, 6.07) is 23.8. The lowest BCUT2D eigenvalue weighted by Gasteiger charge is -2.07. The zero-order valence-corrected chi connectivity index (χ0v) is 18.7. The van der Waals surface area contributed by atoms with Crippen molar-refractivity contribution < 1.29 is 18.4 Å². The van der Waals surface area contributed by atoms with E-state index < -0.39 is 0 Å². The van der Waals surface area contributed by atoms with Crippen molar-refractivity contribution in [2.45, 2.75) is 0 Å². The molecule has 5 aromatic rings. The highest BCUT2D eigenvalue weighted by atomic mass is 19.1. The Balaban J connectivity index is 1.55. The summed E-state index contributed by atoms with van der Waals surface area (Å²) in [5.41, 5.74) is 3.56. The van der Waals surface area contributed by atoms with Gasteiger partial charge in [-0.05, 0) is 71.8 Å². The molecule has 0 saturated heterocycles. The molecule has 6 nitrogen and oxygen atoms in total. The van der Waals surface area contributed by atoms with E-state index in [1.807, 2.05) is 18.2 Å². The van der Waals surface area contributed by atoms with Crippen LogP contribution in [-0.4, -0.2) is 23.8 Å². The molecule has 2 aromatic heterocycles. The van der Waals surface area contributed by atoms with Crippen LogP contribution in [0.1, 0.15) is 20.7 Å². The van der Waals surface area contributed by atoms with E-state index in [9.17, 15) is 14.0 Å². The van der Waals surface area contributed by atoms with Gasteiger partial charge in [-0.3, -0.25) is 9.59 Å². The SMILES string of the molecule is CNC(=O)c1c(-c2ccc(F)cc2)oc2ccc(-c3cccc(C(=O)Nc4ccccn4)c3)cc12. The van der Waals surface area contributed by atoms with Crippen LogP contribution < -0.4 is 10.6 Å². The molecule has 0 radical (unpaired) electrons. The van der Waals surface area contributed by atoms with Crippen LogP contribution in [0.15, 0.2) is 95.5 Å². The Kier molecular flexibility index (Phi) is 5.81. The molecule has 2 amide bonds. The van der Waals surface area contributed by atoms with E-state index in [0.717, 1.165) is 11.1 Å². The second kappa shape index (κ2) is 9.23. The van der Waals surface area contributed by atoms with Gasteiger partial charge in [-0.15, -0.1) is 0 Å². The van der Waals surface area contributed by atoms with Crippen molar-refractivity contribution >= 4 is 28.6 Å². The first-order valence-electron chi connectivity index (χ1n) is 10.9. The summed E-state index contributed by atoms with van der Waals surface area (Å²) in [5.74, 6) is -0.143. The summed E-state index contributed by atoms with van der Waals surface area (Å²) in [7, 11) is 1.54. The lowest BCUT2D eigenvalue weighted by molar-refractivity contribution is 0.0963. The van der Waals surface area contributed by atoms with E-state index in [1.54, 1.807) is 67.8 Å². The summed E-state index contributed by atoms with van der Waals surface area (Å²) < 4.78 is 19.5. The van der Waals surface area contributed by atoms with E-state index >= 15 is 0 Å². The van der Waals surface area contributed by atoms with Crippen molar-refractivity contribution in [3.63, 3.8) is 0 Å². The topological polar surface area (TPSA) is 84.2 Å². The van der Waals surface area contributed by atoms with E-state index in [4.69, 9.17) is 4.42 Å². The normalized spacial score (nSPS) is 10.8. The number of aromatic nitrogens is 1. The number of anilines is 1. The first-order chi connectivity index (χ1) is 17.0. The Labute approximate surface area is 200 Å². The fourth-order valence-electron chi connectivity index (χ4n) is 3.90. The highest BCUT2D eigenvalue weighted by Crippen LogP contribution is 2.36. The van der Waals surface area contributed by atoms with Crippen molar-refractivity contribution in [2.75, 3.05) is 12.4 Å². The molecule has 35 heavy (non-hydrogen) atoms. The van der Waals surface area contributed by atoms with Gasteiger partial charge in [0.1, 0.15) is 23.0 Å². The molecule has 0 spiro atoms. The maximum Gasteiger partial charge on any atom is 0.256 e. The van der Waals surface area contributed by atoms with Crippen LogP contribution in [0.25, 0.3) is 33.4 Å². The third-order valence-electron chi connectivity index (χ3n) is 5.61. The van der Waals surface area contributed by atoms with Gasteiger partial charge >= 0.3 is 0 Å². The molecule has 2 heterocycles. The smallest absolute Gasteiger partial charge is 0.256 e. The number of nitrogens with one attached hydrogen (secondary N) is 2. The lowest BCUT2D eigenvalue weighted by atomic mass is 9.99. The average Bonchev–Trinajstić information content (AvgIpc) is 3.28. The predicted molar refractivity (Wildman–Crippen MR) is 133 cm³/mol. The van der Waals surface area contributed by atoms with Crippen molar-refractivity contribution in [3.05, 3.63) is 108 Å². The van der Waals surface area contributed by atoms with E-state index in [2.05, 4.69) is 15.6 Å². The molecule has 0 atom stereocenters. The number of rotatable bonds is 5. The Bertz CT molecular complexity index is 1540. The molecule has 2 N–H and O–H groups in total. The van der Waals surface area contributed by atoms with Gasteiger partial charge in [0.25, 0.3) is 11.8 Å². The van der Waals surface area contributed by atoms with Gasteiger partial charge in [0, 0.05) is 29.8 Å². The van der Waals surface area contributed by atoms with Crippen LogP contribution in [0.4, 0.5) is 10.2 Å². The number of carbonyl (C=O) groups is 2. The number of halogens is 1. The van der Waals surface area contributed by atoms with Gasteiger partial charge in [0.05, 0.1) is 5.56 Å². The minimum Gasteiger partial charge on any atom is -0.455 e. The van der Waals surface area contributed by atoms with Gasteiger partial charge in [0.2, 0.25) is 0 Å². The minimum atomic E-state index is -0.374. The van der Waals surface area contributed by atoms with E-state index in [1.165, 1.54) is 12.1 Å². The van der Waals surface area contributed by atoms with Crippen LogP contribution in [-0.2, 0) is 0 Å². The van der Waals surface area contributed by atoms with Crippen molar-refractivity contribution in [1.29, 1.82) is 0 Å². The summed E-state index contributed by atoms with van der Waals surface area (Å²) >= 11 is 0. The van der Waals surface area contributed by atoms with Crippen molar-refractivity contribution in [1.82, 2.24) is 10.3 Å². The molecular formula is C28H20FN3O3. The van der Waals surface area contributed by atoms with Gasteiger partial charge in [0.15, 0.2) is 0 Å². The van der Waals surface area contributed by atoms with Crippen LogP contribution in [0.3, 0.4) is 0 Å². The Morgan fingerprint density at radius 1 is 0.829 bits per heavy atom. The first-order valence-corrected chi connectivity index (χ1v) is 10.9. The predicted octanol–water partition coefficient (Wildman–Crippen LogP) is 5.91. The molecule has 3 aromatic carbocycles. The summed E-state index contributed by atoms with van der Waals surface area (Å²) in [6.45, 7) is 0. The zero-order valence-electron chi connectivity index (χ0n) is 18.7. The van der Waals surface area contributed by atoms with Crippen LogP contribution in [0.2, 0.25) is 0 Å². The van der Waals surface area contributed by atoms with Crippen LogP contribution in [0.5, 0.6) is 0 Å². The maximum atomic E-state index is 13.4. The maximum absolute atomic E-state index is 13.4. The standard InChI is InChI=1S/C28H20FN3O3/c1-30-28(34)25-22-16-19(10-13-23(22)35-26(25)17-8-11-21(29)12-9-17)18-5-4-6-20(15-18)27(33)32-24-7-2-3-14-31-24/h2-16H,1H3,(H,30,34)(H,31,32,33). The molecular weight excluding hydrogens is 445 g/mol. The number of fused-ring (bicyclic) bond motifs is 1. The molecule has 0 aliphatic rings. The molecule has 0 aliphatic carbocycles. The molecule has 0 aliphatic heterocycles. The first kappa shape index (κ1) is 22.0. The summed E-state index contributed by atoms with van der Waals surface area (Å²) in [6.07, 6.45) is 1.61. The molecule has 0 fully saturated rings. The molecule has 0 unspecified atom stereocenters. The number of hydrogen-bond donors (Lipinski definition) is 2. The van der Waals surface area contributed by atoms with Gasteiger partial charge in [-0.25, -0.2) is 9.37 Å². The molecule has 5 rings (SSSR count). The van der Waals surface area contributed by atoms with Crippen molar-refractivity contribution in [2.24, 2.45) is 0 Å². The average molecular weight is 465 g/mol. The highest BCUT2D eigenvalue weighted by Gasteiger charge is 2.22. The molecule has 172 valence electrons. The van der Waals surface area contributed by atoms with E-state index in [0.29, 0.717) is 39.2 Å². The highest BCUT2D eigenvalue weighted by molar-refractivity contribution is 6.12. The largest absolute Gasteiger partial charge is 0.455 e. The molecule has 0 bridgehead atoms. The Hall–Kier alpha value is -4.78. The lowest BCUT2D eigenvalue weighted by Crippen LogP contribution is -2.18. The third-order valence-corrected chi connectivity index (χ3v) is 5.61. The van der Waals surface area contributed by atoms with Gasteiger partial charge in [-0.2, -0.15) is 0 Å². The molecule has 0 saturated carbocycles. The fourth-order valence-corrected chi connectivity index (χ4v) is 3.90. The minimum absolute atomic E-state index is 0.278. The number of furan rings is 1. The number of amides is 2. The Morgan fingerprint density at radius 3 is 2.34 bits per heavy atom. The number of benzene rings is 3. The van der Waals surface area contributed by atoms with E-state index in [-0.39, 0.29) is 17.6 Å². The summed E-state index contributed by atoms with van der Waals surface area (Å²) in [4.78, 5) is 29.7.